The SMILES string of the molecule is CCC(=O)c1cc(NC(C)(C)C)cn1C. The number of Topliss-reactive ketones (excluding diaryl/α,β-unsaturated/α-hetero) is 1. The molecule has 0 saturated carbocycles. The van der Waals surface area contributed by atoms with Gasteiger partial charge in [-0.1, -0.05) is 6.92 Å². The second-order valence-electron chi connectivity index (χ2n) is 4.88. The number of aryl methyl sites for hydroxylation is 1. The van der Waals surface area contributed by atoms with E-state index >= 15 is 0 Å². The van der Waals surface area contributed by atoms with Gasteiger partial charge in [-0.15, -0.1) is 0 Å². The Morgan fingerprint density at radius 3 is 2.53 bits per heavy atom. The van der Waals surface area contributed by atoms with E-state index in [0.717, 1.165) is 11.4 Å². The van der Waals surface area contributed by atoms with Gasteiger partial charge in [-0.3, -0.25) is 4.79 Å². The Bertz CT molecular complexity index is 358. The molecular formula is C12H20N2O. The molecule has 0 amide bonds. The lowest BCUT2D eigenvalue weighted by Crippen LogP contribution is -2.25. The van der Waals surface area contributed by atoms with Crippen molar-refractivity contribution in [1.82, 2.24) is 4.57 Å². The summed E-state index contributed by atoms with van der Waals surface area (Å²) >= 11 is 0. The van der Waals surface area contributed by atoms with Crippen molar-refractivity contribution in [3.8, 4) is 0 Å². The molecule has 0 aliphatic rings. The zero-order valence-electron chi connectivity index (χ0n) is 10.2. The van der Waals surface area contributed by atoms with Crippen molar-refractivity contribution in [3.05, 3.63) is 18.0 Å². The lowest BCUT2D eigenvalue weighted by molar-refractivity contribution is 0.0980. The Balaban J connectivity index is 2.91. The van der Waals surface area contributed by atoms with Crippen molar-refractivity contribution in [2.75, 3.05) is 5.32 Å². The molecule has 0 spiro atoms. The van der Waals surface area contributed by atoms with Crippen molar-refractivity contribution in [1.29, 1.82) is 0 Å². The highest BCUT2D eigenvalue weighted by atomic mass is 16.1. The lowest BCUT2D eigenvalue weighted by Gasteiger charge is -2.20. The molecule has 1 rings (SSSR count). The molecule has 3 nitrogen and oxygen atoms in total. The van der Waals surface area contributed by atoms with E-state index in [1.54, 1.807) is 0 Å². The molecule has 0 saturated heterocycles. The van der Waals surface area contributed by atoms with Gasteiger partial charge in [0.25, 0.3) is 0 Å². The third kappa shape index (κ3) is 3.11. The minimum atomic E-state index is 0.0217. The van der Waals surface area contributed by atoms with Crippen LogP contribution in [-0.2, 0) is 7.05 Å². The molecular weight excluding hydrogens is 188 g/mol. The van der Waals surface area contributed by atoms with Crippen molar-refractivity contribution in [2.45, 2.75) is 39.7 Å². The average molecular weight is 208 g/mol. The third-order valence-electron chi connectivity index (χ3n) is 2.13. The fraction of sp³-hybridized carbons (Fsp3) is 0.583. The molecule has 0 aromatic carbocycles. The Morgan fingerprint density at radius 2 is 2.07 bits per heavy atom. The van der Waals surface area contributed by atoms with Crippen LogP contribution in [0.2, 0.25) is 0 Å². The molecule has 1 aromatic heterocycles. The van der Waals surface area contributed by atoms with Gasteiger partial charge in [0.15, 0.2) is 5.78 Å². The van der Waals surface area contributed by atoms with E-state index in [2.05, 4.69) is 26.1 Å². The number of hydrogen-bond acceptors (Lipinski definition) is 2. The highest BCUT2D eigenvalue weighted by Crippen LogP contribution is 2.18. The highest BCUT2D eigenvalue weighted by molar-refractivity contribution is 5.95. The summed E-state index contributed by atoms with van der Waals surface area (Å²) in [4.78, 5) is 11.6. The first-order valence-electron chi connectivity index (χ1n) is 5.31. The molecule has 1 N–H and O–H groups in total. The minimum absolute atomic E-state index is 0.0217. The normalized spacial score (nSPS) is 11.5. The van der Waals surface area contributed by atoms with E-state index in [1.807, 2.05) is 30.8 Å². The predicted molar refractivity (Wildman–Crippen MR) is 63.4 cm³/mol. The van der Waals surface area contributed by atoms with E-state index in [-0.39, 0.29) is 11.3 Å². The molecule has 0 unspecified atom stereocenters. The van der Waals surface area contributed by atoms with Gasteiger partial charge in [0, 0.05) is 25.2 Å². The van der Waals surface area contributed by atoms with Gasteiger partial charge in [0.1, 0.15) is 0 Å². The largest absolute Gasteiger partial charge is 0.379 e. The zero-order valence-corrected chi connectivity index (χ0v) is 10.2. The lowest BCUT2D eigenvalue weighted by atomic mass is 10.1. The van der Waals surface area contributed by atoms with Gasteiger partial charge in [-0.05, 0) is 26.8 Å². The number of anilines is 1. The average Bonchev–Trinajstić information content (AvgIpc) is 2.42. The fourth-order valence-electron chi connectivity index (χ4n) is 1.52. The van der Waals surface area contributed by atoms with Gasteiger partial charge in [0.2, 0.25) is 0 Å². The van der Waals surface area contributed by atoms with Crippen LogP contribution < -0.4 is 5.32 Å². The number of nitrogens with zero attached hydrogens (tertiary/aromatic N) is 1. The number of carbonyl (C=O) groups is 1. The molecule has 0 aliphatic carbocycles. The number of ketones is 1. The van der Waals surface area contributed by atoms with Crippen molar-refractivity contribution >= 4 is 11.5 Å². The quantitative estimate of drug-likeness (QED) is 0.775. The van der Waals surface area contributed by atoms with Crippen LogP contribution in [0.25, 0.3) is 0 Å². The summed E-state index contributed by atoms with van der Waals surface area (Å²) in [7, 11) is 1.90. The van der Waals surface area contributed by atoms with Crippen molar-refractivity contribution in [3.63, 3.8) is 0 Å². The monoisotopic (exact) mass is 208 g/mol. The summed E-state index contributed by atoms with van der Waals surface area (Å²) in [6.45, 7) is 8.18. The Labute approximate surface area is 91.5 Å². The first kappa shape index (κ1) is 11.8. The van der Waals surface area contributed by atoms with E-state index in [1.165, 1.54) is 0 Å². The maximum Gasteiger partial charge on any atom is 0.178 e. The highest BCUT2D eigenvalue weighted by Gasteiger charge is 2.14. The van der Waals surface area contributed by atoms with Gasteiger partial charge in [-0.2, -0.15) is 0 Å². The summed E-state index contributed by atoms with van der Waals surface area (Å²) in [6.07, 6.45) is 2.50. The first-order chi connectivity index (χ1) is 6.83. The van der Waals surface area contributed by atoms with Crippen LogP contribution in [0.3, 0.4) is 0 Å². The van der Waals surface area contributed by atoms with Crippen LogP contribution in [0.15, 0.2) is 12.3 Å². The van der Waals surface area contributed by atoms with Gasteiger partial charge < -0.3 is 9.88 Å². The summed E-state index contributed by atoms with van der Waals surface area (Å²) in [5.74, 6) is 0.180. The van der Waals surface area contributed by atoms with Gasteiger partial charge >= 0.3 is 0 Å². The van der Waals surface area contributed by atoms with E-state index < -0.39 is 0 Å². The summed E-state index contributed by atoms with van der Waals surface area (Å²) < 4.78 is 1.87. The van der Waals surface area contributed by atoms with Crippen LogP contribution in [0.1, 0.15) is 44.6 Å². The van der Waals surface area contributed by atoms with E-state index in [9.17, 15) is 4.79 Å². The maximum absolute atomic E-state index is 11.6. The molecule has 0 aliphatic heterocycles. The van der Waals surface area contributed by atoms with Crippen molar-refractivity contribution < 1.29 is 4.79 Å². The molecule has 15 heavy (non-hydrogen) atoms. The standard InChI is InChI=1S/C12H20N2O/c1-6-11(15)10-7-9(8-14(10)5)13-12(2,3)4/h7-8,13H,6H2,1-5H3. The predicted octanol–water partition coefficient (Wildman–Crippen LogP) is 2.83. The maximum atomic E-state index is 11.6. The van der Waals surface area contributed by atoms with E-state index in [0.29, 0.717) is 6.42 Å². The topological polar surface area (TPSA) is 34.0 Å². The first-order valence-corrected chi connectivity index (χ1v) is 5.31. The summed E-state index contributed by atoms with van der Waals surface area (Å²) in [6, 6.07) is 1.91. The number of carbonyl (C=O) groups excluding carboxylic acids is 1. The van der Waals surface area contributed by atoms with Crippen LogP contribution in [0.4, 0.5) is 5.69 Å². The Kier molecular flexibility index (Phi) is 3.22. The van der Waals surface area contributed by atoms with Crippen LogP contribution >= 0.6 is 0 Å². The second-order valence-corrected chi connectivity index (χ2v) is 4.88. The molecule has 3 heteroatoms. The number of nitrogens with one attached hydrogen (secondary N) is 1. The number of rotatable bonds is 3. The Hall–Kier alpha value is -1.25. The Morgan fingerprint density at radius 1 is 1.47 bits per heavy atom. The van der Waals surface area contributed by atoms with Crippen LogP contribution in [0.5, 0.6) is 0 Å². The summed E-state index contributed by atoms with van der Waals surface area (Å²) in [5, 5.41) is 3.35. The molecule has 0 radical (unpaired) electrons. The van der Waals surface area contributed by atoms with Gasteiger partial charge in [0.05, 0.1) is 11.4 Å². The number of hydrogen-bond donors (Lipinski definition) is 1. The zero-order chi connectivity index (χ0) is 11.6. The molecule has 1 aromatic rings. The third-order valence-corrected chi connectivity index (χ3v) is 2.13. The van der Waals surface area contributed by atoms with Crippen LogP contribution in [0, 0.1) is 0 Å². The fourth-order valence-corrected chi connectivity index (χ4v) is 1.52. The molecule has 0 fully saturated rings. The minimum Gasteiger partial charge on any atom is -0.379 e. The van der Waals surface area contributed by atoms with E-state index in [4.69, 9.17) is 0 Å². The summed E-state index contributed by atoms with van der Waals surface area (Å²) in [5.41, 5.74) is 1.79. The second kappa shape index (κ2) is 4.09. The van der Waals surface area contributed by atoms with Crippen LogP contribution in [-0.4, -0.2) is 15.9 Å². The van der Waals surface area contributed by atoms with Gasteiger partial charge in [-0.25, -0.2) is 0 Å². The molecule has 0 atom stereocenters. The molecule has 1 heterocycles. The molecule has 84 valence electrons. The van der Waals surface area contributed by atoms with Crippen molar-refractivity contribution in [2.24, 2.45) is 7.05 Å². The smallest absolute Gasteiger partial charge is 0.178 e. The molecule has 0 bridgehead atoms. The number of aromatic nitrogens is 1.